The number of carbonyl (C=O) groups excluding carboxylic acids is 1. The Balaban J connectivity index is 1.82. The van der Waals surface area contributed by atoms with Gasteiger partial charge in [-0.15, -0.1) is 0 Å². The Morgan fingerprint density at radius 3 is 2.29 bits per heavy atom. The zero-order chi connectivity index (χ0) is 19.7. The fourth-order valence-corrected chi connectivity index (χ4v) is 3.57. The predicted octanol–water partition coefficient (Wildman–Crippen LogP) is 6.19. The van der Waals surface area contributed by atoms with Gasteiger partial charge in [-0.25, -0.2) is 9.38 Å². The van der Waals surface area contributed by atoms with Gasteiger partial charge in [-0.3, -0.25) is 9.69 Å². The van der Waals surface area contributed by atoms with Gasteiger partial charge in [0.05, 0.1) is 5.69 Å². The molecule has 3 aromatic carbocycles. The van der Waals surface area contributed by atoms with E-state index in [0.717, 1.165) is 14.5 Å². The molecule has 0 atom stereocenters. The maximum absolute atomic E-state index is 13.4. The zero-order valence-electron chi connectivity index (χ0n) is 14.4. The van der Waals surface area contributed by atoms with Crippen molar-refractivity contribution in [3.05, 3.63) is 104 Å². The summed E-state index contributed by atoms with van der Waals surface area (Å²) in [5.74, 6) is -0.107. The first-order chi connectivity index (χ1) is 13.5. The lowest BCUT2D eigenvalue weighted by Crippen LogP contribution is -2.32. The largest absolute Gasteiger partial charge is 0.282 e. The standard InChI is InChI=1S/C22H13Br2FN2O/c23-16-6-10-19(11-7-16)27-21(15-4-8-18(25)9-5-15)26-20(22(27)28)13-14-2-1-3-17(24)12-14/h1-13H/b20-13+. The maximum atomic E-state index is 13.4. The second kappa shape index (κ2) is 7.81. The van der Waals surface area contributed by atoms with Crippen molar-refractivity contribution in [2.45, 2.75) is 0 Å². The minimum Gasteiger partial charge on any atom is -0.266 e. The number of rotatable bonds is 3. The average molecular weight is 500 g/mol. The number of hydrogen-bond donors (Lipinski definition) is 0. The van der Waals surface area contributed by atoms with Crippen LogP contribution in [0.2, 0.25) is 0 Å². The van der Waals surface area contributed by atoms with Crippen LogP contribution in [0.15, 0.2) is 92.4 Å². The second-order valence-corrected chi connectivity index (χ2v) is 7.98. The highest BCUT2D eigenvalue weighted by atomic mass is 79.9. The summed E-state index contributed by atoms with van der Waals surface area (Å²) in [5, 5.41) is 0. The van der Waals surface area contributed by atoms with Gasteiger partial charge in [-0.1, -0.05) is 44.0 Å². The van der Waals surface area contributed by atoms with E-state index in [-0.39, 0.29) is 11.7 Å². The fraction of sp³-hybridized carbons (Fsp3) is 0. The first-order valence-electron chi connectivity index (χ1n) is 8.43. The van der Waals surface area contributed by atoms with Crippen LogP contribution in [0.25, 0.3) is 6.08 Å². The molecule has 0 radical (unpaired) electrons. The molecule has 0 spiro atoms. The second-order valence-electron chi connectivity index (χ2n) is 6.14. The lowest BCUT2D eigenvalue weighted by molar-refractivity contribution is -0.113. The molecule has 3 nitrogen and oxygen atoms in total. The Labute approximate surface area is 178 Å². The quantitative estimate of drug-likeness (QED) is 0.396. The molecular weight excluding hydrogens is 487 g/mol. The third-order valence-electron chi connectivity index (χ3n) is 4.20. The van der Waals surface area contributed by atoms with Crippen molar-refractivity contribution >= 4 is 55.4 Å². The smallest absolute Gasteiger partial charge is 0.266 e. The molecule has 1 heterocycles. The van der Waals surface area contributed by atoms with Crippen molar-refractivity contribution in [3.63, 3.8) is 0 Å². The van der Waals surface area contributed by atoms with E-state index in [1.54, 1.807) is 23.1 Å². The summed E-state index contributed by atoms with van der Waals surface area (Å²) in [6.45, 7) is 0. The minimum atomic E-state index is -0.339. The molecular formula is C22H13Br2FN2O. The molecule has 0 aromatic heterocycles. The Morgan fingerprint density at radius 1 is 0.893 bits per heavy atom. The number of carbonyl (C=O) groups is 1. The van der Waals surface area contributed by atoms with E-state index in [9.17, 15) is 9.18 Å². The fourth-order valence-electron chi connectivity index (χ4n) is 2.89. The predicted molar refractivity (Wildman–Crippen MR) is 117 cm³/mol. The van der Waals surface area contributed by atoms with Crippen LogP contribution >= 0.6 is 31.9 Å². The van der Waals surface area contributed by atoms with E-state index in [1.807, 2.05) is 48.5 Å². The molecule has 0 saturated heterocycles. The van der Waals surface area contributed by atoms with Gasteiger partial charge in [0.1, 0.15) is 17.3 Å². The van der Waals surface area contributed by atoms with E-state index >= 15 is 0 Å². The normalized spacial score (nSPS) is 15.2. The van der Waals surface area contributed by atoms with E-state index in [1.165, 1.54) is 12.1 Å². The molecule has 3 aromatic rings. The SMILES string of the molecule is O=C1/C(=C\c2cccc(Br)c2)N=C(c2ccc(F)cc2)N1c1ccc(Br)cc1. The van der Waals surface area contributed by atoms with E-state index in [0.29, 0.717) is 22.8 Å². The number of amidine groups is 1. The van der Waals surface area contributed by atoms with Crippen molar-refractivity contribution in [1.82, 2.24) is 0 Å². The van der Waals surface area contributed by atoms with E-state index in [4.69, 9.17) is 0 Å². The third kappa shape index (κ3) is 3.84. The van der Waals surface area contributed by atoms with Crippen molar-refractivity contribution in [2.24, 2.45) is 4.99 Å². The zero-order valence-corrected chi connectivity index (χ0v) is 17.6. The van der Waals surface area contributed by atoms with Crippen LogP contribution in [0.1, 0.15) is 11.1 Å². The number of hydrogen-bond acceptors (Lipinski definition) is 2. The lowest BCUT2D eigenvalue weighted by atomic mass is 10.1. The van der Waals surface area contributed by atoms with Gasteiger partial charge in [-0.05, 0) is 72.3 Å². The molecule has 138 valence electrons. The molecule has 6 heteroatoms. The first-order valence-corrected chi connectivity index (χ1v) is 10.0. The molecule has 1 aliphatic heterocycles. The molecule has 28 heavy (non-hydrogen) atoms. The summed E-state index contributed by atoms with van der Waals surface area (Å²) in [7, 11) is 0. The summed E-state index contributed by atoms with van der Waals surface area (Å²) < 4.78 is 15.2. The number of amides is 1. The Hall–Kier alpha value is -2.57. The molecule has 1 aliphatic rings. The molecule has 0 unspecified atom stereocenters. The summed E-state index contributed by atoms with van der Waals surface area (Å²) in [4.78, 5) is 19.3. The number of anilines is 1. The van der Waals surface area contributed by atoms with Gasteiger partial charge in [0.15, 0.2) is 0 Å². The van der Waals surface area contributed by atoms with Crippen LogP contribution in [0.4, 0.5) is 10.1 Å². The minimum absolute atomic E-state index is 0.235. The van der Waals surface area contributed by atoms with Gasteiger partial charge < -0.3 is 0 Å². The highest BCUT2D eigenvalue weighted by Crippen LogP contribution is 2.29. The molecule has 4 rings (SSSR count). The summed E-state index contributed by atoms with van der Waals surface area (Å²) in [6, 6.07) is 21.0. The summed E-state index contributed by atoms with van der Waals surface area (Å²) in [5.41, 5.74) is 2.53. The monoisotopic (exact) mass is 498 g/mol. The van der Waals surface area contributed by atoms with Crippen LogP contribution < -0.4 is 4.90 Å². The Morgan fingerprint density at radius 2 is 1.61 bits per heavy atom. The lowest BCUT2D eigenvalue weighted by Gasteiger charge is -2.18. The summed E-state index contributed by atoms with van der Waals surface area (Å²) >= 11 is 6.85. The first kappa shape index (κ1) is 18.8. The van der Waals surface area contributed by atoms with E-state index in [2.05, 4.69) is 36.9 Å². The van der Waals surface area contributed by atoms with Crippen molar-refractivity contribution in [2.75, 3.05) is 4.90 Å². The Kier molecular flexibility index (Phi) is 5.24. The highest BCUT2D eigenvalue weighted by molar-refractivity contribution is 9.10. The van der Waals surface area contributed by atoms with Gasteiger partial charge in [0.25, 0.3) is 5.91 Å². The number of halogens is 3. The van der Waals surface area contributed by atoms with Crippen molar-refractivity contribution in [3.8, 4) is 0 Å². The molecule has 0 N–H and O–H groups in total. The Bertz CT molecular complexity index is 1110. The van der Waals surface area contributed by atoms with Crippen LogP contribution in [-0.4, -0.2) is 11.7 Å². The van der Waals surface area contributed by atoms with Crippen LogP contribution in [0, 0.1) is 5.82 Å². The molecule has 1 amide bonds. The summed E-state index contributed by atoms with van der Waals surface area (Å²) in [6.07, 6.45) is 1.75. The van der Waals surface area contributed by atoms with Gasteiger partial charge >= 0.3 is 0 Å². The van der Waals surface area contributed by atoms with Crippen LogP contribution in [0.5, 0.6) is 0 Å². The van der Waals surface area contributed by atoms with Gasteiger partial charge in [0, 0.05) is 14.5 Å². The third-order valence-corrected chi connectivity index (χ3v) is 5.22. The molecule has 0 fully saturated rings. The average Bonchev–Trinajstić information content (AvgIpc) is 2.99. The number of nitrogens with zero attached hydrogens (tertiary/aromatic N) is 2. The van der Waals surface area contributed by atoms with Crippen molar-refractivity contribution < 1.29 is 9.18 Å². The molecule has 0 aliphatic carbocycles. The molecule has 0 saturated carbocycles. The van der Waals surface area contributed by atoms with Crippen LogP contribution in [0.3, 0.4) is 0 Å². The number of benzene rings is 3. The molecule has 0 bridgehead atoms. The van der Waals surface area contributed by atoms with Crippen LogP contribution in [-0.2, 0) is 4.79 Å². The highest BCUT2D eigenvalue weighted by Gasteiger charge is 2.32. The van der Waals surface area contributed by atoms with Gasteiger partial charge in [0.2, 0.25) is 0 Å². The number of aliphatic imine (C=N–C) groups is 1. The topological polar surface area (TPSA) is 32.7 Å². The van der Waals surface area contributed by atoms with E-state index < -0.39 is 0 Å². The maximum Gasteiger partial charge on any atom is 0.282 e. The van der Waals surface area contributed by atoms with Gasteiger partial charge in [-0.2, -0.15) is 0 Å². The van der Waals surface area contributed by atoms with Crippen molar-refractivity contribution in [1.29, 1.82) is 0 Å².